The van der Waals surface area contributed by atoms with Gasteiger partial charge in [-0.15, -0.1) is 0 Å². The zero-order valence-electron chi connectivity index (χ0n) is 14.5. The molecule has 2 rings (SSSR count). The van der Waals surface area contributed by atoms with Crippen LogP contribution in [0.25, 0.3) is 0 Å². The van der Waals surface area contributed by atoms with E-state index in [0.29, 0.717) is 5.41 Å². The van der Waals surface area contributed by atoms with Gasteiger partial charge in [0.25, 0.3) is 0 Å². The molecule has 1 aliphatic rings. The number of anilines is 1. The Hall–Kier alpha value is -1.35. The maximum absolute atomic E-state index is 12.3. The van der Waals surface area contributed by atoms with Gasteiger partial charge in [-0.05, 0) is 68.9 Å². The molecule has 0 saturated carbocycles. The summed E-state index contributed by atoms with van der Waals surface area (Å²) in [5.74, 6) is 0.340. The molecular formula is C19H30N2O. The van der Waals surface area contributed by atoms with E-state index in [9.17, 15) is 4.79 Å². The fourth-order valence-corrected chi connectivity index (χ4v) is 2.79. The van der Waals surface area contributed by atoms with Crippen molar-refractivity contribution in [2.24, 2.45) is 11.3 Å². The number of carbonyl (C=O) groups excluding carboxylic acids is 1. The quantitative estimate of drug-likeness (QED) is 0.913. The van der Waals surface area contributed by atoms with Crippen LogP contribution in [0.3, 0.4) is 0 Å². The molecule has 0 unspecified atom stereocenters. The Morgan fingerprint density at radius 1 is 1.18 bits per heavy atom. The molecule has 1 heterocycles. The zero-order valence-corrected chi connectivity index (χ0v) is 14.5. The summed E-state index contributed by atoms with van der Waals surface area (Å²) in [6, 6.07) is 8.34. The highest BCUT2D eigenvalue weighted by atomic mass is 16.1. The number of aryl methyl sites for hydroxylation is 1. The van der Waals surface area contributed by atoms with Crippen LogP contribution in [-0.4, -0.2) is 30.9 Å². The van der Waals surface area contributed by atoms with Gasteiger partial charge in [-0.1, -0.05) is 32.9 Å². The molecule has 1 aromatic rings. The molecule has 122 valence electrons. The fraction of sp³-hybridized carbons (Fsp3) is 0.632. The molecule has 0 spiro atoms. The van der Waals surface area contributed by atoms with Gasteiger partial charge in [0, 0.05) is 11.6 Å². The fourth-order valence-electron chi connectivity index (χ4n) is 2.79. The number of hydrogen-bond donors (Lipinski definition) is 1. The third kappa shape index (κ3) is 5.45. The van der Waals surface area contributed by atoms with Crippen LogP contribution < -0.4 is 5.32 Å². The first-order valence-electron chi connectivity index (χ1n) is 8.42. The van der Waals surface area contributed by atoms with Gasteiger partial charge < -0.3 is 10.2 Å². The van der Waals surface area contributed by atoms with Crippen molar-refractivity contribution in [1.82, 2.24) is 4.90 Å². The van der Waals surface area contributed by atoms with Gasteiger partial charge in [0.05, 0.1) is 0 Å². The Balaban J connectivity index is 1.84. The number of amides is 1. The summed E-state index contributed by atoms with van der Waals surface area (Å²) in [5, 5.41) is 3.07. The van der Waals surface area contributed by atoms with E-state index in [0.717, 1.165) is 38.0 Å². The lowest BCUT2D eigenvalue weighted by Crippen LogP contribution is -2.35. The van der Waals surface area contributed by atoms with Crippen molar-refractivity contribution in [3.63, 3.8) is 0 Å². The molecule has 1 N–H and O–H groups in total. The number of piperidine rings is 1. The Morgan fingerprint density at radius 3 is 2.32 bits per heavy atom. The summed E-state index contributed by atoms with van der Waals surface area (Å²) in [4.78, 5) is 14.6. The van der Waals surface area contributed by atoms with Gasteiger partial charge in [0.1, 0.15) is 0 Å². The molecule has 0 aromatic heterocycles. The second-order valence-corrected chi connectivity index (χ2v) is 7.82. The van der Waals surface area contributed by atoms with Crippen molar-refractivity contribution >= 4 is 11.6 Å². The first kappa shape index (κ1) is 17.0. The Morgan fingerprint density at radius 2 is 1.77 bits per heavy atom. The second kappa shape index (κ2) is 7.28. The Labute approximate surface area is 135 Å². The first-order chi connectivity index (χ1) is 10.3. The molecule has 1 aromatic carbocycles. The normalized spacial score (nSPS) is 17.5. The molecule has 0 aliphatic carbocycles. The largest absolute Gasteiger partial charge is 0.326 e. The summed E-state index contributed by atoms with van der Waals surface area (Å²) >= 11 is 0. The van der Waals surface area contributed by atoms with Crippen LogP contribution in [0.4, 0.5) is 5.69 Å². The van der Waals surface area contributed by atoms with Gasteiger partial charge in [0.15, 0.2) is 0 Å². The third-order valence-electron chi connectivity index (χ3n) is 4.47. The lowest BCUT2D eigenvalue weighted by molar-refractivity contribution is -0.121. The van der Waals surface area contributed by atoms with E-state index >= 15 is 0 Å². The van der Waals surface area contributed by atoms with Crippen LogP contribution in [-0.2, 0) is 11.2 Å². The van der Waals surface area contributed by atoms with E-state index in [-0.39, 0.29) is 11.8 Å². The van der Waals surface area contributed by atoms with Crippen molar-refractivity contribution in [1.29, 1.82) is 0 Å². The van der Waals surface area contributed by atoms with Crippen molar-refractivity contribution in [2.45, 2.75) is 46.5 Å². The number of benzene rings is 1. The number of carbonyl (C=O) groups is 1. The highest BCUT2D eigenvalue weighted by Crippen LogP contribution is 2.23. The summed E-state index contributed by atoms with van der Waals surface area (Å²) in [6.45, 7) is 8.84. The monoisotopic (exact) mass is 302 g/mol. The van der Waals surface area contributed by atoms with Crippen LogP contribution in [0.2, 0.25) is 0 Å². The summed E-state index contributed by atoms with van der Waals surface area (Å²) in [6.07, 6.45) is 4.19. The van der Waals surface area contributed by atoms with Crippen molar-refractivity contribution in [3.8, 4) is 0 Å². The van der Waals surface area contributed by atoms with E-state index in [1.54, 1.807) is 0 Å². The molecular weight excluding hydrogens is 272 g/mol. The average molecular weight is 302 g/mol. The van der Waals surface area contributed by atoms with Gasteiger partial charge >= 0.3 is 0 Å². The molecule has 3 heteroatoms. The predicted molar refractivity (Wildman–Crippen MR) is 93.1 cm³/mol. The highest BCUT2D eigenvalue weighted by molar-refractivity contribution is 5.92. The smallest absolute Gasteiger partial charge is 0.227 e. The average Bonchev–Trinajstić information content (AvgIpc) is 2.46. The number of hydrogen-bond acceptors (Lipinski definition) is 2. The van der Waals surface area contributed by atoms with Crippen LogP contribution in [0, 0.1) is 11.3 Å². The molecule has 0 bridgehead atoms. The summed E-state index contributed by atoms with van der Waals surface area (Å²) < 4.78 is 0. The Bertz CT molecular complexity index is 479. The summed E-state index contributed by atoms with van der Waals surface area (Å²) in [7, 11) is 2.12. The lowest BCUT2D eigenvalue weighted by Gasteiger charge is -2.28. The molecule has 0 atom stereocenters. The number of nitrogens with zero attached hydrogens (tertiary/aromatic N) is 1. The number of likely N-dealkylation sites (tertiary alicyclic amines) is 1. The first-order valence-corrected chi connectivity index (χ1v) is 8.42. The van der Waals surface area contributed by atoms with E-state index in [2.05, 4.69) is 50.2 Å². The van der Waals surface area contributed by atoms with E-state index in [1.807, 2.05) is 12.1 Å². The maximum Gasteiger partial charge on any atom is 0.227 e. The van der Waals surface area contributed by atoms with Crippen LogP contribution in [0.5, 0.6) is 0 Å². The maximum atomic E-state index is 12.3. The van der Waals surface area contributed by atoms with E-state index in [4.69, 9.17) is 0 Å². The number of rotatable bonds is 4. The van der Waals surface area contributed by atoms with E-state index < -0.39 is 0 Å². The van der Waals surface area contributed by atoms with Gasteiger partial charge in [-0.2, -0.15) is 0 Å². The lowest BCUT2D eigenvalue weighted by atomic mass is 9.89. The van der Waals surface area contributed by atoms with Gasteiger partial charge in [-0.25, -0.2) is 0 Å². The summed E-state index contributed by atoms with van der Waals surface area (Å²) in [5.41, 5.74) is 2.62. The number of nitrogens with one attached hydrogen (secondary N) is 1. The highest BCUT2D eigenvalue weighted by Gasteiger charge is 2.23. The molecule has 1 aliphatic heterocycles. The molecule has 1 amide bonds. The minimum atomic E-state index is 0.164. The second-order valence-electron chi connectivity index (χ2n) is 7.82. The van der Waals surface area contributed by atoms with E-state index in [1.165, 1.54) is 12.0 Å². The van der Waals surface area contributed by atoms with Crippen molar-refractivity contribution in [2.75, 3.05) is 25.5 Å². The molecule has 3 nitrogen and oxygen atoms in total. The molecule has 1 fully saturated rings. The van der Waals surface area contributed by atoms with Crippen LogP contribution in [0.1, 0.15) is 45.6 Å². The minimum Gasteiger partial charge on any atom is -0.326 e. The minimum absolute atomic E-state index is 0.164. The molecule has 22 heavy (non-hydrogen) atoms. The van der Waals surface area contributed by atoms with Gasteiger partial charge in [-0.3, -0.25) is 4.79 Å². The standard InChI is InChI=1S/C19H30N2O/c1-19(2,3)12-9-15-5-7-17(8-6-15)20-18(22)16-10-13-21(4)14-11-16/h5-8,16H,9-14H2,1-4H3,(H,20,22). The predicted octanol–water partition coefficient (Wildman–Crippen LogP) is 3.95. The van der Waals surface area contributed by atoms with Gasteiger partial charge in [0.2, 0.25) is 5.91 Å². The molecule has 1 saturated heterocycles. The molecule has 0 radical (unpaired) electrons. The van der Waals surface area contributed by atoms with Crippen LogP contribution >= 0.6 is 0 Å². The van der Waals surface area contributed by atoms with Crippen LogP contribution in [0.15, 0.2) is 24.3 Å². The third-order valence-corrected chi connectivity index (χ3v) is 4.47. The van der Waals surface area contributed by atoms with Crippen molar-refractivity contribution in [3.05, 3.63) is 29.8 Å². The topological polar surface area (TPSA) is 32.3 Å². The SMILES string of the molecule is CN1CCC(C(=O)Nc2ccc(CCC(C)(C)C)cc2)CC1. The zero-order chi connectivity index (χ0) is 16.2. The van der Waals surface area contributed by atoms with Crippen molar-refractivity contribution < 1.29 is 4.79 Å². The Kier molecular flexibility index (Phi) is 5.63.